The largest absolute Gasteiger partial charge is 0.477 e. The van der Waals surface area contributed by atoms with E-state index in [1.54, 1.807) is 18.5 Å². The van der Waals surface area contributed by atoms with E-state index in [4.69, 9.17) is 11.6 Å². The number of aromatic carboxylic acids is 1. The molecule has 0 spiro atoms. The fraction of sp³-hybridized carbons (Fsp3) is 0.391. The number of nitrogens with zero attached hydrogens (tertiary/aromatic N) is 2. The standard InChI is InChI=1S/C23H23ClN2O4/c1-22(2)11-17(24)20-15-9-13(7-8-23(3,4)30)5-6-14(15)18-10-19(27)16(21(28)29)12-25(18)26(20)22/h5-6,9-10,12,17,20,30H,11H2,1-4H3,(H,28,29). The average molecular weight is 427 g/mol. The van der Waals surface area contributed by atoms with Gasteiger partial charge >= 0.3 is 5.97 Å². The molecule has 1 aromatic carbocycles. The molecule has 2 atom stereocenters. The first-order chi connectivity index (χ1) is 13.9. The monoisotopic (exact) mass is 426 g/mol. The summed E-state index contributed by atoms with van der Waals surface area (Å²) in [6.45, 7) is 7.34. The van der Waals surface area contributed by atoms with Gasteiger partial charge in [-0.3, -0.25) is 14.5 Å². The third-order valence-electron chi connectivity index (χ3n) is 5.57. The van der Waals surface area contributed by atoms with E-state index < -0.39 is 17.0 Å². The summed E-state index contributed by atoms with van der Waals surface area (Å²) in [5.41, 5.74) is 0.834. The molecule has 0 aliphatic carbocycles. The molecule has 7 heteroatoms. The molecule has 2 aliphatic rings. The van der Waals surface area contributed by atoms with Crippen LogP contribution in [0, 0.1) is 11.8 Å². The van der Waals surface area contributed by atoms with Gasteiger partial charge in [-0.2, -0.15) is 0 Å². The van der Waals surface area contributed by atoms with E-state index in [0.29, 0.717) is 12.1 Å². The second-order valence-electron chi connectivity index (χ2n) is 9.02. The predicted molar refractivity (Wildman–Crippen MR) is 116 cm³/mol. The van der Waals surface area contributed by atoms with Crippen molar-refractivity contribution in [3.63, 3.8) is 0 Å². The highest BCUT2D eigenvalue weighted by molar-refractivity contribution is 6.21. The first-order valence-electron chi connectivity index (χ1n) is 9.73. The number of fused-ring (bicyclic) bond motifs is 6. The van der Waals surface area contributed by atoms with Gasteiger partial charge in [-0.25, -0.2) is 4.79 Å². The van der Waals surface area contributed by atoms with E-state index >= 15 is 0 Å². The Morgan fingerprint density at radius 3 is 2.63 bits per heavy atom. The number of benzene rings is 1. The first-order valence-corrected chi connectivity index (χ1v) is 10.2. The van der Waals surface area contributed by atoms with Gasteiger partial charge in [0.1, 0.15) is 11.2 Å². The van der Waals surface area contributed by atoms with Crippen LogP contribution in [0.4, 0.5) is 0 Å². The number of alkyl halides is 1. The Labute approximate surface area is 179 Å². The lowest BCUT2D eigenvalue weighted by atomic mass is 9.92. The van der Waals surface area contributed by atoms with Crippen molar-refractivity contribution in [2.75, 3.05) is 5.01 Å². The smallest absolute Gasteiger partial charge is 0.341 e. The Morgan fingerprint density at radius 1 is 1.30 bits per heavy atom. The molecule has 30 heavy (non-hydrogen) atoms. The molecular formula is C23H23ClN2O4. The molecule has 3 heterocycles. The Balaban J connectivity index is 1.99. The Hall–Kier alpha value is -2.75. The van der Waals surface area contributed by atoms with Gasteiger partial charge in [0.15, 0.2) is 5.43 Å². The normalized spacial score (nSPS) is 21.2. The molecule has 1 fully saturated rings. The second kappa shape index (κ2) is 6.63. The highest BCUT2D eigenvalue weighted by Crippen LogP contribution is 2.50. The number of halogens is 1. The van der Waals surface area contributed by atoms with Crippen LogP contribution in [0.5, 0.6) is 0 Å². The van der Waals surface area contributed by atoms with Gasteiger partial charge in [-0.05, 0) is 51.8 Å². The van der Waals surface area contributed by atoms with E-state index in [0.717, 1.165) is 16.7 Å². The number of carboxylic acid groups (broad SMARTS) is 1. The maximum absolute atomic E-state index is 12.5. The van der Waals surface area contributed by atoms with Crippen LogP contribution in [0.15, 0.2) is 35.3 Å². The number of aliphatic hydroxyl groups is 1. The first kappa shape index (κ1) is 20.5. The summed E-state index contributed by atoms with van der Waals surface area (Å²) in [6.07, 6.45) is 2.08. The molecule has 2 aromatic rings. The van der Waals surface area contributed by atoms with Crippen molar-refractivity contribution in [2.45, 2.75) is 56.7 Å². The van der Waals surface area contributed by atoms with E-state index in [1.807, 2.05) is 32.0 Å². The Kier molecular flexibility index (Phi) is 4.53. The minimum Gasteiger partial charge on any atom is -0.477 e. The van der Waals surface area contributed by atoms with E-state index in [1.165, 1.54) is 12.3 Å². The summed E-state index contributed by atoms with van der Waals surface area (Å²) in [7, 11) is 0. The topological polar surface area (TPSA) is 82.8 Å². The van der Waals surface area contributed by atoms with E-state index in [2.05, 4.69) is 16.8 Å². The van der Waals surface area contributed by atoms with Gasteiger partial charge in [0.25, 0.3) is 0 Å². The maximum Gasteiger partial charge on any atom is 0.341 e. The molecule has 0 radical (unpaired) electrons. The number of rotatable bonds is 1. The molecule has 156 valence electrons. The van der Waals surface area contributed by atoms with Crippen LogP contribution in [-0.2, 0) is 0 Å². The van der Waals surface area contributed by atoms with Gasteiger partial charge in [-0.15, -0.1) is 11.6 Å². The predicted octanol–water partition coefficient (Wildman–Crippen LogP) is 3.12. The van der Waals surface area contributed by atoms with Gasteiger partial charge < -0.3 is 10.2 Å². The fourth-order valence-electron chi connectivity index (χ4n) is 4.37. The molecule has 1 saturated heterocycles. The molecule has 0 amide bonds. The average Bonchev–Trinajstić information content (AvgIpc) is 2.87. The quantitative estimate of drug-likeness (QED) is 0.540. The van der Waals surface area contributed by atoms with Crippen LogP contribution in [0.1, 0.15) is 61.6 Å². The lowest BCUT2D eigenvalue weighted by molar-refractivity contribution is 0.0694. The van der Waals surface area contributed by atoms with Crippen molar-refractivity contribution in [2.24, 2.45) is 0 Å². The zero-order chi connectivity index (χ0) is 22.0. The second-order valence-corrected chi connectivity index (χ2v) is 9.58. The fourth-order valence-corrected chi connectivity index (χ4v) is 4.99. The molecule has 4 rings (SSSR count). The highest BCUT2D eigenvalue weighted by Gasteiger charge is 2.50. The Morgan fingerprint density at radius 2 is 2.00 bits per heavy atom. The molecule has 2 unspecified atom stereocenters. The SMILES string of the molecule is CC(C)(O)C#Cc1ccc2c(c1)C1C(Cl)CC(C)(C)N1n1cc(C(=O)O)c(=O)cc1-2. The van der Waals surface area contributed by atoms with Crippen LogP contribution in [-0.4, -0.2) is 37.4 Å². The summed E-state index contributed by atoms with van der Waals surface area (Å²) in [5, 5.41) is 21.2. The third kappa shape index (κ3) is 3.28. The molecule has 0 bridgehead atoms. The van der Waals surface area contributed by atoms with Crippen molar-refractivity contribution in [3.8, 4) is 23.1 Å². The van der Waals surface area contributed by atoms with Gasteiger partial charge in [0, 0.05) is 23.4 Å². The van der Waals surface area contributed by atoms with Crippen molar-refractivity contribution >= 4 is 17.6 Å². The summed E-state index contributed by atoms with van der Waals surface area (Å²) in [4.78, 5) is 24.0. The zero-order valence-electron chi connectivity index (χ0n) is 17.2. The van der Waals surface area contributed by atoms with Crippen molar-refractivity contribution < 1.29 is 15.0 Å². The third-order valence-corrected chi connectivity index (χ3v) is 5.97. The van der Waals surface area contributed by atoms with E-state index in [-0.39, 0.29) is 22.5 Å². The summed E-state index contributed by atoms with van der Waals surface area (Å²) in [5.74, 6) is 4.57. The van der Waals surface area contributed by atoms with Crippen molar-refractivity contribution in [1.82, 2.24) is 4.68 Å². The summed E-state index contributed by atoms with van der Waals surface area (Å²) >= 11 is 6.79. The van der Waals surface area contributed by atoms with Crippen LogP contribution in [0.2, 0.25) is 0 Å². The number of carbonyl (C=O) groups is 1. The minimum absolute atomic E-state index is 0.211. The molecule has 2 N–H and O–H groups in total. The van der Waals surface area contributed by atoms with Crippen molar-refractivity contribution in [1.29, 1.82) is 0 Å². The number of pyridine rings is 1. The van der Waals surface area contributed by atoms with Crippen molar-refractivity contribution in [3.05, 3.63) is 57.4 Å². The number of hydrogen-bond donors (Lipinski definition) is 2. The molecule has 6 nitrogen and oxygen atoms in total. The number of carboxylic acids is 1. The number of aromatic nitrogens is 1. The van der Waals surface area contributed by atoms with Crippen LogP contribution in [0.3, 0.4) is 0 Å². The van der Waals surface area contributed by atoms with Gasteiger partial charge in [-0.1, -0.05) is 17.9 Å². The summed E-state index contributed by atoms with van der Waals surface area (Å²) < 4.78 is 1.77. The maximum atomic E-state index is 12.5. The molecule has 2 aliphatic heterocycles. The van der Waals surface area contributed by atoms with Gasteiger partial charge in [0.2, 0.25) is 0 Å². The molecular weight excluding hydrogens is 404 g/mol. The highest BCUT2D eigenvalue weighted by atomic mass is 35.5. The molecule has 1 aromatic heterocycles. The van der Waals surface area contributed by atoms with Crippen LogP contribution < -0.4 is 10.4 Å². The lowest BCUT2D eigenvalue weighted by Crippen LogP contribution is -2.50. The van der Waals surface area contributed by atoms with E-state index in [9.17, 15) is 19.8 Å². The Bertz CT molecular complexity index is 1180. The minimum atomic E-state index is -1.26. The lowest BCUT2D eigenvalue weighted by Gasteiger charge is -2.44. The molecule has 0 saturated carbocycles. The summed E-state index contributed by atoms with van der Waals surface area (Å²) in [6, 6.07) is 6.81. The zero-order valence-corrected chi connectivity index (χ0v) is 18.0. The van der Waals surface area contributed by atoms with Crippen LogP contribution in [0.25, 0.3) is 11.3 Å². The van der Waals surface area contributed by atoms with Crippen LogP contribution >= 0.6 is 11.6 Å². The van der Waals surface area contributed by atoms with Gasteiger partial charge in [0.05, 0.1) is 22.7 Å². The number of hydrogen-bond acceptors (Lipinski definition) is 4.